The maximum atomic E-state index is 6.21. The van der Waals surface area contributed by atoms with E-state index in [2.05, 4.69) is 10.3 Å². The van der Waals surface area contributed by atoms with Gasteiger partial charge in [0.25, 0.3) is 0 Å². The van der Waals surface area contributed by atoms with Gasteiger partial charge in [-0.3, -0.25) is 4.99 Å². The monoisotopic (exact) mass is 341 g/mol. The van der Waals surface area contributed by atoms with E-state index in [0.717, 1.165) is 25.0 Å². The molecular weight excluding hydrogens is 318 g/mol. The van der Waals surface area contributed by atoms with Gasteiger partial charge in [0.15, 0.2) is 17.5 Å². The molecule has 0 radical (unpaired) electrons. The molecule has 0 saturated heterocycles. The van der Waals surface area contributed by atoms with Gasteiger partial charge in [0, 0.05) is 26.3 Å². The lowest BCUT2D eigenvalue weighted by molar-refractivity contribution is 0.146. The fraction of sp³-hybridized carbons (Fsp3) is 0.562. The molecule has 0 fully saturated rings. The molecular formula is C16H24ClN3O3. The Labute approximate surface area is 142 Å². The van der Waals surface area contributed by atoms with Crippen LogP contribution in [0.15, 0.2) is 17.1 Å². The summed E-state index contributed by atoms with van der Waals surface area (Å²) in [6.45, 7) is 5.84. The van der Waals surface area contributed by atoms with Crippen molar-refractivity contribution < 1.29 is 14.2 Å². The van der Waals surface area contributed by atoms with E-state index in [1.54, 1.807) is 0 Å². The first-order valence-electron chi connectivity index (χ1n) is 7.90. The van der Waals surface area contributed by atoms with Crippen molar-refractivity contribution in [2.24, 2.45) is 10.7 Å². The number of nitrogens with two attached hydrogens (primary N) is 1. The van der Waals surface area contributed by atoms with Crippen molar-refractivity contribution in [2.75, 3.05) is 39.5 Å². The lowest BCUT2D eigenvalue weighted by Crippen LogP contribution is -2.33. The maximum absolute atomic E-state index is 6.21. The van der Waals surface area contributed by atoms with Gasteiger partial charge in [0.05, 0.1) is 5.02 Å². The second kappa shape index (κ2) is 9.47. The number of benzene rings is 1. The molecule has 1 aromatic rings. The predicted molar refractivity (Wildman–Crippen MR) is 91.7 cm³/mol. The SMILES string of the molecule is CCOCCCN=C(N)NCCc1cc(Cl)c2c(c1)OCCO2. The van der Waals surface area contributed by atoms with Gasteiger partial charge in [0.1, 0.15) is 13.2 Å². The minimum Gasteiger partial charge on any atom is -0.486 e. The summed E-state index contributed by atoms with van der Waals surface area (Å²) < 4.78 is 16.3. The van der Waals surface area contributed by atoms with E-state index in [9.17, 15) is 0 Å². The van der Waals surface area contributed by atoms with Crippen molar-refractivity contribution in [3.8, 4) is 11.5 Å². The van der Waals surface area contributed by atoms with Gasteiger partial charge in [-0.1, -0.05) is 11.6 Å². The lowest BCUT2D eigenvalue weighted by atomic mass is 10.1. The van der Waals surface area contributed by atoms with Gasteiger partial charge in [0.2, 0.25) is 0 Å². The summed E-state index contributed by atoms with van der Waals surface area (Å²) >= 11 is 6.21. The first kappa shape index (κ1) is 17.7. The molecule has 0 amide bonds. The average molecular weight is 342 g/mol. The molecule has 2 rings (SSSR count). The summed E-state index contributed by atoms with van der Waals surface area (Å²) in [6.07, 6.45) is 1.64. The van der Waals surface area contributed by atoms with Crippen molar-refractivity contribution in [3.05, 3.63) is 22.7 Å². The number of hydrogen-bond donors (Lipinski definition) is 2. The normalized spacial score (nSPS) is 13.9. The fourth-order valence-electron chi connectivity index (χ4n) is 2.21. The third kappa shape index (κ3) is 5.80. The average Bonchev–Trinajstić information content (AvgIpc) is 2.55. The highest BCUT2D eigenvalue weighted by atomic mass is 35.5. The summed E-state index contributed by atoms with van der Waals surface area (Å²) in [5.74, 6) is 1.78. The lowest BCUT2D eigenvalue weighted by Gasteiger charge is -2.20. The first-order valence-corrected chi connectivity index (χ1v) is 8.28. The molecule has 1 aliphatic heterocycles. The molecule has 128 valence electrons. The Morgan fingerprint density at radius 1 is 1.39 bits per heavy atom. The summed E-state index contributed by atoms with van der Waals surface area (Å²) in [6, 6.07) is 3.85. The van der Waals surface area contributed by atoms with Crippen molar-refractivity contribution in [1.82, 2.24) is 5.32 Å². The molecule has 7 heteroatoms. The highest BCUT2D eigenvalue weighted by Gasteiger charge is 2.16. The van der Waals surface area contributed by atoms with Crippen LogP contribution in [0.5, 0.6) is 11.5 Å². The molecule has 6 nitrogen and oxygen atoms in total. The van der Waals surface area contributed by atoms with Crippen LogP contribution in [0.4, 0.5) is 0 Å². The van der Waals surface area contributed by atoms with Crippen molar-refractivity contribution in [1.29, 1.82) is 0 Å². The first-order chi connectivity index (χ1) is 11.2. The van der Waals surface area contributed by atoms with E-state index in [0.29, 0.717) is 55.4 Å². The Kier molecular flexibility index (Phi) is 7.29. The van der Waals surface area contributed by atoms with Crippen LogP contribution < -0.4 is 20.5 Å². The van der Waals surface area contributed by atoms with Crippen LogP contribution in [0.1, 0.15) is 18.9 Å². The van der Waals surface area contributed by atoms with E-state index in [-0.39, 0.29) is 0 Å². The molecule has 0 unspecified atom stereocenters. The minimum absolute atomic E-state index is 0.449. The highest BCUT2D eigenvalue weighted by Crippen LogP contribution is 2.38. The van der Waals surface area contributed by atoms with E-state index in [4.69, 9.17) is 31.5 Å². The van der Waals surface area contributed by atoms with Crippen LogP contribution in [-0.4, -0.2) is 45.5 Å². The predicted octanol–water partition coefficient (Wildman–Crippen LogP) is 1.98. The number of guanidine groups is 1. The molecule has 0 saturated carbocycles. The standard InChI is InChI=1S/C16H24ClN3O3/c1-2-21-7-3-5-19-16(18)20-6-4-12-10-13(17)15-14(11-12)22-8-9-23-15/h10-11H,2-9H2,1H3,(H3,18,19,20). The largest absolute Gasteiger partial charge is 0.486 e. The molecule has 1 aromatic carbocycles. The second-order valence-corrected chi connectivity index (χ2v) is 5.50. The van der Waals surface area contributed by atoms with Crippen LogP contribution >= 0.6 is 11.6 Å². The van der Waals surface area contributed by atoms with Gasteiger partial charge in [-0.05, 0) is 37.5 Å². The molecule has 0 spiro atoms. The smallest absolute Gasteiger partial charge is 0.188 e. The number of nitrogens with zero attached hydrogens (tertiary/aromatic N) is 1. The van der Waals surface area contributed by atoms with Gasteiger partial charge in [-0.25, -0.2) is 0 Å². The van der Waals surface area contributed by atoms with Crippen LogP contribution in [0, 0.1) is 0 Å². The maximum Gasteiger partial charge on any atom is 0.188 e. The van der Waals surface area contributed by atoms with Crippen molar-refractivity contribution in [2.45, 2.75) is 19.8 Å². The Balaban J connectivity index is 1.75. The van der Waals surface area contributed by atoms with Crippen LogP contribution in [-0.2, 0) is 11.2 Å². The van der Waals surface area contributed by atoms with Crippen LogP contribution in [0.3, 0.4) is 0 Å². The Morgan fingerprint density at radius 3 is 3.04 bits per heavy atom. The van der Waals surface area contributed by atoms with Gasteiger partial charge in [-0.2, -0.15) is 0 Å². The molecule has 3 N–H and O–H groups in total. The van der Waals surface area contributed by atoms with Gasteiger partial charge in [-0.15, -0.1) is 0 Å². The molecule has 0 aliphatic carbocycles. The molecule has 0 bridgehead atoms. The van der Waals surface area contributed by atoms with Crippen LogP contribution in [0.25, 0.3) is 0 Å². The van der Waals surface area contributed by atoms with Gasteiger partial charge < -0.3 is 25.3 Å². The zero-order valence-electron chi connectivity index (χ0n) is 13.4. The zero-order chi connectivity index (χ0) is 16.5. The van der Waals surface area contributed by atoms with E-state index in [1.807, 2.05) is 19.1 Å². The summed E-state index contributed by atoms with van der Waals surface area (Å²) in [4.78, 5) is 4.25. The minimum atomic E-state index is 0.449. The summed E-state index contributed by atoms with van der Waals surface area (Å²) in [5.41, 5.74) is 6.89. The number of nitrogens with one attached hydrogen (secondary N) is 1. The fourth-order valence-corrected chi connectivity index (χ4v) is 2.50. The molecule has 1 heterocycles. The number of hydrogen-bond acceptors (Lipinski definition) is 4. The Morgan fingerprint density at radius 2 is 2.22 bits per heavy atom. The molecule has 0 atom stereocenters. The van der Waals surface area contributed by atoms with E-state index >= 15 is 0 Å². The number of fused-ring (bicyclic) bond motifs is 1. The summed E-state index contributed by atoms with van der Waals surface area (Å²) in [7, 11) is 0. The Hall–Kier alpha value is -1.66. The van der Waals surface area contributed by atoms with Gasteiger partial charge >= 0.3 is 0 Å². The number of ether oxygens (including phenoxy) is 3. The second-order valence-electron chi connectivity index (χ2n) is 5.10. The molecule has 1 aliphatic rings. The zero-order valence-corrected chi connectivity index (χ0v) is 14.2. The topological polar surface area (TPSA) is 78.1 Å². The van der Waals surface area contributed by atoms with Crippen molar-refractivity contribution in [3.63, 3.8) is 0 Å². The van der Waals surface area contributed by atoms with E-state index in [1.165, 1.54) is 0 Å². The number of rotatable bonds is 8. The summed E-state index contributed by atoms with van der Waals surface area (Å²) in [5, 5.41) is 3.67. The third-order valence-corrected chi connectivity index (χ3v) is 3.59. The third-order valence-electron chi connectivity index (χ3n) is 3.31. The molecule has 0 aromatic heterocycles. The molecule has 23 heavy (non-hydrogen) atoms. The van der Waals surface area contributed by atoms with Crippen LogP contribution in [0.2, 0.25) is 5.02 Å². The van der Waals surface area contributed by atoms with Crippen molar-refractivity contribution >= 4 is 17.6 Å². The quantitative estimate of drug-likeness (QED) is 0.429. The number of halogens is 1. The highest BCUT2D eigenvalue weighted by molar-refractivity contribution is 6.32. The Bertz CT molecular complexity index is 538. The van der Waals surface area contributed by atoms with E-state index < -0.39 is 0 Å². The number of aliphatic imine (C=N–C) groups is 1.